The van der Waals surface area contributed by atoms with E-state index in [2.05, 4.69) is 0 Å². The second-order valence-corrected chi connectivity index (χ2v) is 8.23. The second kappa shape index (κ2) is 8.72. The average molecular weight is 474 g/mol. The van der Waals surface area contributed by atoms with Gasteiger partial charge >= 0.3 is 0 Å². The molecule has 0 saturated carbocycles. The summed E-state index contributed by atoms with van der Waals surface area (Å²) in [4.78, 5) is 28.3. The number of aliphatic hydroxyl groups excluding tert-OH is 1. The predicted molar refractivity (Wildman–Crippen MR) is 129 cm³/mol. The Hall–Kier alpha value is -4.03. The zero-order valence-electron chi connectivity index (χ0n) is 18.2. The maximum Gasteiger partial charge on any atom is 0.294 e. The summed E-state index contributed by atoms with van der Waals surface area (Å²) in [7, 11) is 0. The van der Waals surface area contributed by atoms with Crippen molar-refractivity contribution in [2.45, 2.75) is 13.0 Å². The molecule has 0 saturated heterocycles. The molecule has 3 aromatic carbocycles. The minimum Gasteiger partial charge on any atom is -0.503 e. The van der Waals surface area contributed by atoms with Crippen LogP contribution in [0.5, 0.6) is 5.75 Å². The first-order valence-corrected chi connectivity index (χ1v) is 11.1. The largest absolute Gasteiger partial charge is 0.503 e. The van der Waals surface area contributed by atoms with E-state index in [-0.39, 0.29) is 11.3 Å². The van der Waals surface area contributed by atoms with Gasteiger partial charge in [0.15, 0.2) is 11.5 Å². The lowest BCUT2D eigenvalue weighted by atomic mass is 9.94. The number of aliphatic hydroxyl groups is 1. The average Bonchev–Trinajstić information content (AvgIpc) is 3.39. The van der Waals surface area contributed by atoms with Crippen LogP contribution in [0.1, 0.15) is 29.1 Å². The molecule has 2 heterocycles. The van der Waals surface area contributed by atoms with Gasteiger partial charge in [-0.15, -0.1) is 0 Å². The van der Waals surface area contributed by atoms with Crippen molar-refractivity contribution in [2.24, 2.45) is 0 Å². The monoisotopic (exact) mass is 473 g/mol. The summed E-state index contributed by atoms with van der Waals surface area (Å²) in [6, 6.07) is 21.7. The highest BCUT2D eigenvalue weighted by Crippen LogP contribution is 2.42. The molecular formula is C27H20ClNO5. The molecule has 1 unspecified atom stereocenters. The van der Waals surface area contributed by atoms with Gasteiger partial charge in [0, 0.05) is 16.1 Å². The number of rotatable bonds is 6. The van der Waals surface area contributed by atoms with Crippen molar-refractivity contribution in [3.8, 4) is 5.75 Å². The van der Waals surface area contributed by atoms with Crippen molar-refractivity contribution in [3.63, 3.8) is 0 Å². The molecular weight excluding hydrogens is 454 g/mol. The van der Waals surface area contributed by atoms with E-state index in [1.54, 1.807) is 66.7 Å². The smallest absolute Gasteiger partial charge is 0.294 e. The molecule has 0 spiro atoms. The van der Waals surface area contributed by atoms with E-state index in [1.807, 2.05) is 19.1 Å². The van der Waals surface area contributed by atoms with Crippen LogP contribution < -0.4 is 9.64 Å². The van der Waals surface area contributed by atoms with Crippen LogP contribution in [0, 0.1) is 0 Å². The number of halogens is 1. The number of hydrogen-bond acceptors (Lipinski definition) is 5. The summed E-state index contributed by atoms with van der Waals surface area (Å²) < 4.78 is 11.2. The van der Waals surface area contributed by atoms with Crippen molar-refractivity contribution in [1.82, 2.24) is 0 Å². The number of carbonyl (C=O) groups excluding carboxylic acids is 2. The highest BCUT2D eigenvalue weighted by molar-refractivity contribution is 6.30. The molecule has 0 fully saturated rings. The molecule has 34 heavy (non-hydrogen) atoms. The molecule has 1 aromatic heterocycles. The van der Waals surface area contributed by atoms with E-state index in [4.69, 9.17) is 20.8 Å². The number of amides is 1. The van der Waals surface area contributed by atoms with Crippen LogP contribution in [0.25, 0.3) is 11.0 Å². The van der Waals surface area contributed by atoms with Gasteiger partial charge in [-0.1, -0.05) is 41.9 Å². The van der Waals surface area contributed by atoms with Crippen molar-refractivity contribution in [2.75, 3.05) is 11.5 Å². The van der Waals surface area contributed by atoms with E-state index >= 15 is 0 Å². The number of hydrogen-bond donors (Lipinski definition) is 1. The van der Waals surface area contributed by atoms with Crippen LogP contribution in [-0.4, -0.2) is 23.4 Å². The van der Waals surface area contributed by atoms with Gasteiger partial charge in [-0.3, -0.25) is 14.5 Å². The van der Waals surface area contributed by atoms with Gasteiger partial charge in [0.1, 0.15) is 11.3 Å². The molecule has 4 aromatic rings. The summed E-state index contributed by atoms with van der Waals surface area (Å²) in [5.74, 6) is -1.15. The summed E-state index contributed by atoms with van der Waals surface area (Å²) in [6.07, 6.45) is 0. The fourth-order valence-electron chi connectivity index (χ4n) is 4.16. The van der Waals surface area contributed by atoms with Crippen LogP contribution in [0.2, 0.25) is 5.02 Å². The van der Waals surface area contributed by atoms with Crippen molar-refractivity contribution < 1.29 is 23.8 Å². The minimum absolute atomic E-state index is 0.0445. The first-order chi connectivity index (χ1) is 16.5. The molecule has 6 nitrogen and oxygen atoms in total. The number of furan rings is 1. The summed E-state index contributed by atoms with van der Waals surface area (Å²) in [6.45, 7) is 2.39. The topological polar surface area (TPSA) is 80.0 Å². The summed E-state index contributed by atoms with van der Waals surface area (Å²) in [5.41, 5.74) is 1.62. The van der Waals surface area contributed by atoms with E-state index in [9.17, 15) is 14.7 Å². The second-order valence-electron chi connectivity index (χ2n) is 7.80. The zero-order chi connectivity index (χ0) is 23.8. The zero-order valence-corrected chi connectivity index (χ0v) is 19.0. The molecule has 0 aliphatic carbocycles. The maximum atomic E-state index is 13.6. The fraction of sp³-hybridized carbons (Fsp3) is 0.111. The van der Waals surface area contributed by atoms with Gasteiger partial charge in [0.2, 0.25) is 5.78 Å². The van der Waals surface area contributed by atoms with E-state index < -0.39 is 23.5 Å². The van der Waals surface area contributed by atoms with Crippen LogP contribution in [0.3, 0.4) is 0 Å². The Morgan fingerprint density at radius 3 is 2.44 bits per heavy atom. The quantitative estimate of drug-likeness (QED) is 0.334. The number of ketones is 1. The van der Waals surface area contributed by atoms with Gasteiger partial charge in [0.05, 0.1) is 18.2 Å². The number of ether oxygens (including phenoxy) is 1. The molecule has 0 radical (unpaired) electrons. The fourth-order valence-corrected chi connectivity index (χ4v) is 4.29. The molecule has 1 aliphatic heterocycles. The van der Waals surface area contributed by atoms with Gasteiger partial charge in [-0.25, -0.2) is 0 Å². The third-order valence-electron chi connectivity index (χ3n) is 5.71. The number of benzene rings is 3. The number of carbonyl (C=O) groups is 2. The number of fused-ring (bicyclic) bond motifs is 1. The van der Waals surface area contributed by atoms with Crippen LogP contribution in [-0.2, 0) is 4.79 Å². The highest BCUT2D eigenvalue weighted by atomic mass is 35.5. The molecule has 7 heteroatoms. The molecule has 1 N–H and O–H groups in total. The van der Waals surface area contributed by atoms with Crippen LogP contribution >= 0.6 is 11.6 Å². The third kappa shape index (κ3) is 3.72. The van der Waals surface area contributed by atoms with Gasteiger partial charge in [-0.05, 0) is 61.0 Å². The molecule has 170 valence electrons. The normalized spacial score (nSPS) is 15.9. The Morgan fingerprint density at radius 2 is 1.76 bits per heavy atom. The van der Waals surface area contributed by atoms with Gasteiger partial charge < -0.3 is 14.3 Å². The number of nitrogens with zero attached hydrogens (tertiary/aromatic N) is 1. The van der Waals surface area contributed by atoms with Crippen molar-refractivity contribution in [1.29, 1.82) is 0 Å². The lowest BCUT2D eigenvalue weighted by molar-refractivity contribution is -0.117. The molecule has 0 bridgehead atoms. The van der Waals surface area contributed by atoms with E-state index in [0.29, 0.717) is 34.2 Å². The highest BCUT2D eigenvalue weighted by Gasteiger charge is 2.45. The predicted octanol–water partition coefficient (Wildman–Crippen LogP) is 6.27. The number of para-hydroxylation sites is 1. The molecule has 1 aliphatic rings. The first-order valence-electron chi connectivity index (χ1n) is 10.8. The standard InChI is InChI=1S/C27H20ClNO5/c1-2-33-20-13-11-19(12-14-20)29-24(16-7-9-18(28)10-8-16)23(26(31)27(29)32)25(30)22-15-17-5-3-4-6-21(17)34-22/h3-15,24,31H,2H2,1H3. The van der Waals surface area contributed by atoms with E-state index in [1.165, 1.54) is 4.90 Å². The maximum absolute atomic E-state index is 13.6. The Labute approximate surface area is 200 Å². The minimum atomic E-state index is -0.872. The molecule has 1 amide bonds. The lowest BCUT2D eigenvalue weighted by Gasteiger charge is -2.27. The van der Waals surface area contributed by atoms with Gasteiger partial charge in [-0.2, -0.15) is 0 Å². The third-order valence-corrected chi connectivity index (χ3v) is 5.97. The van der Waals surface area contributed by atoms with Crippen LogP contribution in [0.4, 0.5) is 5.69 Å². The first kappa shape index (κ1) is 21.8. The summed E-state index contributed by atoms with van der Waals surface area (Å²) >= 11 is 6.08. The summed E-state index contributed by atoms with van der Waals surface area (Å²) in [5, 5.41) is 12.2. The molecule has 1 atom stereocenters. The SMILES string of the molecule is CCOc1ccc(N2C(=O)C(O)=C(C(=O)c3cc4ccccc4o3)C2c2ccc(Cl)cc2)cc1. The number of anilines is 1. The van der Waals surface area contributed by atoms with Crippen molar-refractivity contribution in [3.05, 3.63) is 107 Å². The number of Topliss-reactive ketones (excluding diaryl/α,β-unsaturated/α-hetero) is 1. The van der Waals surface area contributed by atoms with E-state index in [0.717, 1.165) is 5.39 Å². The Kier molecular flexibility index (Phi) is 5.59. The van der Waals surface area contributed by atoms with Crippen LogP contribution in [0.15, 0.2) is 94.6 Å². The Balaban J connectivity index is 1.62. The van der Waals surface area contributed by atoms with Gasteiger partial charge in [0.25, 0.3) is 5.91 Å². The van der Waals surface area contributed by atoms with Crippen molar-refractivity contribution >= 4 is 39.9 Å². The Bertz CT molecular complexity index is 1390. The lowest BCUT2D eigenvalue weighted by Crippen LogP contribution is -2.31. The molecule has 5 rings (SSSR count). The Morgan fingerprint density at radius 1 is 1.06 bits per heavy atom.